The van der Waals surface area contributed by atoms with E-state index in [0.717, 1.165) is 25.8 Å². The molecule has 6 nitrogen and oxygen atoms in total. The Morgan fingerprint density at radius 2 is 2.10 bits per heavy atom. The zero-order valence-electron chi connectivity index (χ0n) is 12.3. The molecule has 1 amide bonds. The number of carbonyl (C=O) groups excluding carboxylic acids is 1. The van der Waals surface area contributed by atoms with Gasteiger partial charge < -0.3 is 16.2 Å². The summed E-state index contributed by atoms with van der Waals surface area (Å²) in [6.45, 7) is 2.83. The highest BCUT2D eigenvalue weighted by molar-refractivity contribution is 5.92. The lowest BCUT2D eigenvalue weighted by Gasteiger charge is -2.15. The lowest BCUT2D eigenvalue weighted by molar-refractivity contribution is -0.137. The Hall–Kier alpha value is -2.11. The van der Waals surface area contributed by atoms with Crippen molar-refractivity contribution in [1.82, 2.24) is 4.98 Å². The van der Waals surface area contributed by atoms with Crippen molar-refractivity contribution < 1.29 is 14.7 Å². The molecule has 1 atom stereocenters. The Morgan fingerprint density at radius 1 is 1.33 bits per heavy atom. The highest BCUT2D eigenvalue weighted by Crippen LogP contribution is 2.18. The molecular weight excluding hydrogens is 270 g/mol. The summed E-state index contributed by atoms with van der Waals surface area (Å²) in [5.41, 5.74) is 5.53. The van der Waals surface area contributed by atoms with Gasteiger partial charge in [-0.15, -0.1) is 0 Å². The predicted molar refractivity (Wildman–Crippen MR) is 81.1 cm³/mol. The molecular formula is C15H23N3O3. The van der Waals surface area contributed by atoms with Gasteiger partial charge in [0.05, 0.1) is 5.56 Å². The standard InChI is InChI=1S/C15H23N3O3/c1-2-3-11(4-7-14(19)20)8-9-17-13-6-5-12(10-18-13)15(16)21/h5-6,10-11H,2-4,7-9H2,1H3,(H2,16,21)(H,17,18)(H,19,20). The number of nitrogens with two attached hydrogens (primary N) is 1. The van der Waals surface area contributed by atoms with Crippen LogP contribution < -0.4 is 11.1 Å². The van der Waals surface area contributed by atoms with Crippen LogP contribution >= 0.6 is 0 Å². The second-order valence-corrected chi connectivity index (χ2v) is 5.10. The van der Waals surface area contributed by atoms with Gasteiger partial charge >= 0.3 is 5.97 Å². The molecule has 0 saturated heterocycles. The largest absolute Gasteiger partial charge is 0.481 e. The molecule has 0 aromatic carbocycles. The minimum atomic E-state index is -0.743. The minimum Gasteiger partial charge on any atom is -0.481 e. The van der Waals surface area contributed by atoms with Crippen molar-refractivity contribution in [3.8, 4) is 0 Å². The van der Waals surface area contributed by atoms with Crippen LogP contribution in [0.5, 0.6) is 0 Å². The number of carbonyl (C=O) groups is 2. The number of aliphatic carboxylic acids is 1. The fraction of sp³-hybridized carbons (Fsp3) is 0.533. The molecule has 21 heavy (non-hydrogen) atoms. The molecule has 1 aromatic heterocycles. The van der Waals surface area contributed by atoms with Gasteiger partial charge in [0.15, 0.2) is 0 Å². The Balaban J connectivity index is 2.38. The molecule has 0 bridgehead atoms. The van der Waals surface area contributed by atoms with Crippen molar-refractivity contribution in [3.63, 3.8) is 0 Å². The van der Waals surface area contributed by atoms with Gasteiger partial charge in [-0.25, -0.2) is 4.98 Å². The van der Waals surface area contributed by atoms with E-state index in [0.29, 0.717) is 23.7 Å². The molecule has 0 spiro atoms. The van der Waals surface area contributed by atoms with E-state index in [1.54, 1.807) is 12.1 Å². The summed E-state index contributed by atoms with van der Waals surface area (Å²) in [4.78, 5) is 25.7. The summed E-state index contributed by atoms with van der Waals surface area (Å²) < 4.78 is 0. The molecule has 0 aliphatic heterocycles. The first-order valence-electron chi connectivity index (χ1n) is 7.24. The molecule has 1 rings (SSSR count). The van der Waals surface area contributed by atoms with Crippen LogP contribution in [0.25, 0.3) is 0 Å². The van der Waals surface area contributed by atoms with Gasteiger partial charge in [0.1, 0.15) is 5.82 Å². The summed E-state index contributed by atoms with van der Waals surface area (Å²) in [5, 5.41) is 11.9. The van der Waals surface area contributed by atoms with E-state index >= 15 is 0 Å². The first kappa shape index (κ1) is 16.9. The lowest BCUT2D eigenvalue weighted by atomic mass is 9.94. The Morgan fingerprint density at radius 3 is 2.62 bits per heavy atom. The average molecular weight is 293 g/mol. The highest BCUT2D eigenvalue weighted by atomic mass is 16.4. The smallest absolute Gasteiger partial charge is 0.303 e. The number of primary amides is 1. The third-order valence-corrected chi connectivity index (χ3v) is 3.37. The number of nitrogens with zero attached hydrogens (tertiary/aromatic N) is 1. The fourth-order valence-corrected chi connectivity index (χ4v) is 2.22. The van der Waals surface area contributed by atoms with E-state index < -0.39 is 11.9 Å². The summed E-state index contributed by atoms with van der Waals surface area (Å²) in [6.07, 6.45) is 5.35. The van der Waals surface area contributed by atoms with Gasteiger partial charge in [-0.1, -0.05) is 19.8 Å². The quantitative estimate of drug-likeness (QED) is 0.613. The summed E-state index contributed by atoms with van der Waals surface area (Å²) in [7, 11) is 0. The summed E-state index contributed by atoms with van der Waals surface area (Å²) in [6, 6.07) is 3.35. The van der Waals surface area contributed by atoms with E-state index in [1.807, 2.05) is 0 Å². The Kier molecular flexibility index (Phi) is 7.21. The van der Waals surface area contributed by atoms with Gasteiger partial charge in [-0.05, 0) is 30.9 Å². The SMILES string of the molecule is CCCC(CCNc1ccc(C(N)=O)cn1)CCC(=O)O. The molecule has 0 fully saturated rings. The number of carboxylic acids is 1. The van der Waals surface area contributed by atoms with Crippen molar-refractivity contribution in [1.29, 1.82) is 0 Å². The van der Waals surface area contributed by atoms with Gasteiger partial charge in [-0.2, -0.15) is 0 Å². The van der Waals surface area contributed by atoms with Crippen LogP contribution in [-0.4, -0.2) is 28.5 Å². The molecule has 4 N–H and O–H groups in total. The van der Waals surface area contributed by atoms with E-state index in [-0.39, 0.29) is 6.42 Å². The molecule has 1 aromatic rings. The second-order valence-electron chi connectivity index (χ2n) is 5.10. The molecule has 0 radical (unpaired) electrons. The van der Waals surface area contributed by atoms with Gasteiger partial charge in [0.25, 0.3) is 0 Å². The van der Waals surface area contributed by atoms with Crippen LogP contribution in [0, 0.1) is 5.92 Å². The minimum absolute atomic E-state index is 0.218. The molecule has 116 valence electrons. The fourth-order valence-electron chi connectivity index (χ4n) is 2.22. The van der Waals surface area contributed by atoms with Crippen LogP contribution in [0.15, 0.2) is 18.3 Å². The van der Waals surface area contributed by atoms with Gasteiger partial charge in [-0.3, -0.25) is 9.59 Å². The number of pyridine rings is 1. The third-order valence-electron chi connectivity index (χ3n) is 3.37. The number of aromatic nitrogens is 1. The maximum Gasteiger partial charge on any atom is 0.303 e. The molecule has 0 saturated carbocycles. The first-order valence-corrected chi connectivity index (χ1v) is 7.24. The number of anilines is 1. The maximum absolute atomic E-state index is 10.9. The van der Waals surface area contributed by atoms with E-state index in [1.165, 1.54) is 6.20 Å². The predicted octanol–water partition coefficient (Wildman–Crippen LogP) is 2.26. The number of rotatable bonds is 10. The van der Waals surface area contributed by atoms with Crippen molar-refractivity contribution in [3.05, 3.63) is 23.9 Å². The van der Waals surface area contributed by atoms with E-state index in [9.17, 15) is 9.59 Å². The third kappa shape index (κ3) is 6.74. The van der Waals surface area contributed by atoms with Crippen molar-refractivity contribution in [2.75, 3.05) is 11.9 Å². The van der Waals surface area contributed by atoms with Crippen molar-refractivity contribution in [2.24, 2.45) is 11.7 Å². The zero-order valence-corrected chi connectivity index (χ0v) is 12.3. The molecule has 1 unspecified atom stereocenters. The molecule has 0 aliphatic carbocycles. The summed E-state index contributed by atoms with van der Waals surface area (Å²) >= 11 is 0. The van der Waals surface area contributed by atoms with Crippen LogP contribution in [-0.2, 0) is 4.79 Å². The highest BCUT2D eigenvalue weighted by Gasteiger charge is 2.10. The van der Waals surface area contributed by atoms with Crippen LogP contribution in [0.1, 0.15) is 49.4 Å². The topological polar surface area (TPSA) is 105 Å². The van der Waals surface area contributed by atoms with E-state index in [2.05, 4.69) is 17.2 Å². The monoisotopic (exact) mass is 293 g/mol. The van der Waals surface area contributed by atoms with Gasteiger partial charge in [0, 0.05) is 19.2 Å². The van der Waals surface area contributed by atoms with Gasteiger partial charge in [0.2, 0.25) is 5.91 Å². The Labute approximate surface area is 124 Å². The number of hydrogen-bond acceptors (Lipinski definition) is 4. The molecule has 1 heterocycles. The van der Waals surface area contributed by atoms with Crippen molar-refractivity contribution in [2.45, 2.75) is 39.0 Å². The zero-order chi connectivity index (χ0) is 15.7. The molecule has 0 aliphatic rings. The second kappa shape index (κ2) is 8.94. The number of nitrogens with one attached hydrogen (secondary N) is 1. The van der Waals surface area contributed by atoms with E-state index in [4.69, 9.17) is 10.8 Å². The normalized spacial score (nSPS) is 11.9. The van der Waals surface area contributed by atoms with Crippen molar-refractivity contribution >= 4 is 17.7 Å². The first-order chi connectivity index (χ1) is 10.0. The summed E-state index contributed by atoms with van der Waals surface area (Å²) in [5.74, 6) is -0.143. The lowest BCUT2D eigenvalue weighted by Crippen LogP contribution is -2.13. The number of amides is 1. The number of carboxylic acid groups (broad SMARTS) is 1. The molecule has 6 heteroatoms. The van der Waals surface area contributed by atoms with Crippen LogP contribution in [0.3, 0.4) is 0 Å². The maximum atomic E-state index is 10.9. The average Bonchev–Trinajstić information content (AvgIpc) is 2.45. The van der Waals surface area contributed by atoms with Crippen LogP contribution in [0.4, 0.5) is 5.82 Å². The van der Waals surface area contributed by atoms with Crippen LogP contribution in [0.2, 0.25) is 0 Å². The Bertz CT molecular complexity index is 460. The number of hydrogen-bond donors (Lipinski definition) is 3.